The lowest BCUT2D eigenvalue weighted by molar-refractivity contribution is 0.530. The second-order valence-corrected chi connectivity index (χ2v) is 8.16. The number of hydrogen-bond acceptors (Lipinski definition) is 4. The highest BCUT2D eigenvalue weighted by Crippen LogP contribution is 2.26. The third-order valence-electron chi connectivity index (χ3n) is 3.10. The molecule has 20 heavy (non-hydrogen) atoms. The predicted octanol–water partition coefficient (Wildman–Crippen LogP) is 2.88. The SMILES string of the molecule is CNCc1scc(C)c1S(=O)(=O)NCCCCC(C)C. The average molecular weight is 319 g/mol. The number of unbranched alkanes of at least 4 members (excludes halogenated alkanes) is 1. The summed E-state index contributed by atoms with van der Waals surface area (Å²) >= 11 is 1.49. The third kappa shape index (κ3) is 5.16. The Morgan fingerprint density at radius 1 is 1.30 bits per heavy atom. The highest BCUT2D eigenvalue weighted by molar-refractivity contribution is 7.89. The van der Waals surface area contributed by atoms with Gasteiger partial charge in [-0.25, -0.2) is 13.1 Å². The Kier molecular flexibility index (Phi) is 7.15. The fourth-order valence-electron chi connectivity index (χ4n) is 2.09. The van der Waals surface area contributed by atoms with Crippen LogP contribution in [0.4, 0.5) is 0 Å². The molecule has 116 valence electrons. The maximum absolute atomic E-state index is 12.4. The summed E-state index contributed by atoms with van der Waals surface area (Å²) in [7, 11) is -1.56. The first-order valence-corrected chi connectivity index (χ1v) is 9.46. The molecule has 0 saturated heterocycles. The van der Waals surface area contributed by atoms with E-state index in [-0.39, 0.29) is 0 Å². The van der Waals surface area contributed by atoms with E-state index in [0.717, 1.165) is 29.7 Å². The van der Waals surface area contributed by atoms with Gasteiger partial charge in [0.05, 0.1) is 0 Å². The lowest BCUT2D eigenvalue weighted by Gasteiger charge is -2.09. The smallest absolute Gasteiger partial charge is 0.241 e. The van der Waals surface area contributed by atoms with E-state index in [4.69, 9.17) is 0 Å². The maximum Gasteiger partial charge on any atom is 0.241 e. The Bertz CT molecular complexity index is 507. The van der Waals surface area contributed by atoms with Crippen LogP contribution in [0.1, 0.15) is 43.6 Å². The van der Waals surface area contributed by atoms with Crippen molar-refractivity contribution in [2.45, 2.75) is 51.5 Å². The van der Waals surface area contributed by atoms with Gasteiger partial charge in [-0.1, -0.05) is 26.7 Å². The zero-order valence-electron chi connectivity index (χ0n) is 12.8. The zero-order chi connectivity index (χ0) is 15.2. The van der Waals surface area contributed by atoms with Crippen LogP contribution >= 0.6 is 11.3 Å². The van der Waals surface area contributed by atoms with Crippen molar-refractivity contribution in [2.75, 3.05) is 13.6 Å². The second kappa shape index (κ2) is 8.12. The zero-order valence-corrected chi connectivity index (χ0v) is 14.5. The molecule has 0 amide bonds. The fourth-order valence-corrected chi connectivity index (χ4v) is 4.98. The number of rotatable bonds is 9. The summed E-state index contributed by atoms with van der Waals surface area (Å²) < 4.78 is 27.5. The minimum atomic E-state index is -3.38. The summed E-state index contributed by atoms with van der Waals surface area (Å²) in [6.07, 6.45) is 3.10. The largest absolute Gasteiger partial charge is 0.315 e. The molecule has 0 saturated carbocycles. The van der Waals surface area contributed by atoms with Crippen molar-refractivity contribution in [3.63, 3.8) is 0 Å². The van der Waals surface area contributed by atoms with Gasteiger partial charge in [0.2, 0.25) is 10.0 Å². The van der Waals surface area contributed by atoms with Crippen molar-refractivity contribution in [1.29, 1.82) is 0 Å². The quantitative estimate of drug-likeness (QED) is 0.688. The van der Waals surface area contributed by atoms with Gasteiger partial charge in [0.25, 0.3) is 0 Å². The third-order valence-corrected chi connectivity index (χ3v) is 6.02. The lowest BCUT2D eigenvalue weighted by atomic mass is 10.1. The fraction of sp³-hybridized carbons (Fsp3) is 0.714. The van der Waals surface area contributed by atoms with E-state index >= 15 is 0 Å². The number of nitrogens with one attached hydrogen (secondary N) is 2. The summed E-state index contributed by atoms with van der Waals surface area (Å²) in [6, 6.07) is 0. The molecule has 0 spiro atoms. The Hall–Kier alpha value is -0.430. The van der Waals surface area contributed by atoms with E-state index in [0.29, 0.717) is 23.9 Å². The Labute approximate surface area is 127 Å². The number of aryl methyl sites for hydroxylation is 1. The molecule has 0 aromatic carbocycles. The summed E-state index contributed by atoms with van der Waals surface area (Å²) in [5.41, 5.74) is 0.829. The number of thiophene rings is 1. The number of sulfonamides is 1. The molecule has 0 unspecified atom stereocenters. The molecule has 0 aliphatic carbocycles. The van der Waals surface area contributed by atoms with Crippen LogP contribution in [0.15, 0.2) is 10.3 Å². The van der Waals surface area contributed by atoms with Crippen molar-refractivity contribution in [3.8, 4) is 0 Å². The van der Waals surface area contributed by atoms with Crippen molar-refractivity contribution in [3.05, 3.63) is 15.8 Å². The van der Waals surface area contributed by atoms with Crippen molar-refractivity contribution >= 4 is 21.4 Å². The maximum atomic E-state index is 12.4. The van der Waals surface area contributed by atoms with Crippen LogP contribution in [0.25, 0.3) is 0 Å². The second-order valence-electron chi connectivity index (χ2n) is 5.49. The molecular formula is C14H26N2O2S2. The van der Waals surface area contributed by atoms with Gasteiger partial charge in [0, 0.05) is 18.0 Å². The van der Waals surface area contributed by atoms with E-state index < -0.39 is 10.0 Å². The molecule has 0 aliphatic rings. The van der Waals surface area contributed by atoms with Gasteiger partial charge in [-0.05, 0) is 37.3 Å². The van der Waals surface area contributed by atoms with Crippen LogP contribution in [0.5, 0.6) is 0 Å². The standard InChI is InChI=1S/C14H26N2O2S2/c1-11(2)7-5-6-8-16-20(17,18)14-12(3)10-19-13(14)9-15-4/h10-11,15-16H,5-9H2,1-4H3. The molecule has 2 N–H and O–H groups in total. The summed E-state index contributed by atoms with van der Waals surface area (Å²) in [5.74, 6) is 0.674. The van der Waals surface area contributed by atoms with Crippen LogP contribution in [-0.4, -0.2) is 22.0 Å². The number of hydrogen-bond donors (Lipinski definition) is 2. The van der Waals surface area contributed by atoms with E-state index in [1.165, 1.54) is 11.3 Å². The van der Waals surface area contributed by atoms with Crippen LogP contribution in [-0.2, 0) is 16.6 Å². The van der Waals surface area contributed by atoms with Gasteiger partial charge in [-0.2, -0.15) is 0 Å². The monoisotopic (exact) mass is 318 g/mol. The Balaban J connectivity index is 2.62. The van der Waals surface area contributed by atoms with Crippen LogP contribution in [0.3, 0.4) is 0 Å². The topological polar surface area (TPSA) is 58.2 Å². The molecule has 0 bridgehead atoms. The predicted molar refractivity (Wildman–Crippen MR) is 85.7 cm³/mol. The van der Waals surface area contributed by atoms with Gasteiger partial charge >= 0.3 is 0 Å². The first-order chi connectivity index (χ1) is 9.38. The van der Waals surface area contributed by atoms with Gasteiger partial charge < -0.3 is 5.32 Å². The van der Waals surface area contributed by atoms with Crippen LogP contribution in [0, 0.1) is 12.8 Å². The van der Waals surface area contributed by atoms with E-state index in [2.05, 4.69) is 23.9 Å². The lowest BCUT2D eigenvalue weighted by Crippen LogP contribution is -2.26. The molecule has 6 heteroatoms. The summed E-state index contributed by atoms with van der Waals surface area (Å²) in [5, 5.41) is 4.92. The molecule has 1 rings (SSSR count). The van der Waals surface area contributed by atoms with Crippen LogP contribution in [0.2, 0.25) is 0 Å². The molecule has 4 nitrogen and oxygen atoms in total. The first-order valence-electron chi connectivity index (χ1n) is 7.09. The highest BCUT2D eigenvalue weighted by Gasteiger charge is 2.22. The molecule has 0 fully saturated rings. The van der Waals surface area contributed by atoms with Crippen molar-refractivity contribution in [2.24, 2.45) is 5.92 Å². The van der Waals surface area contributed by atoms with Crippen molar-refractivity contribution in [1.82, 2.24) is 10.0 Å². The minimum absolute atomic E-state index is 0.459. The molecule has 1 aromatic rings. The molecular weight excluding hydrogens is 292 g/mol. The van der Waals surface area contributed by atoms with Crippen molar-refractivity contribution < 1.29 is 8.42 Å². The first kappa shape index (κ1) is 17.6. The van der Waals surface area contributed by atoms with E-state index in [1.807, 2.05) is 19.4 Å². The normalized spacial score (nSPS) is 12.2. The highest BCUT2D eigenvalue weighted by atomic mass is 32.2. The van der Waals surface area contributed by atoms with Gasteiger partial charge in [-0.15, -0.1) is 11.3 Å². The van der Waals surface area contributed by atoms with Gasteiger partial charge in [0.15, 0.2) is 0 Å². The molecule has 1 heterocycles. The minimum Gasteiger partial charge on any atom is -0.315 e. The molecule has 0 radical (unpaired) electrons. The summed E-state index contributed by atoms with van der Waals surface area (Å²) in [4.78, 5) is 1.33. The molecule has 1 aromatic heterocycles. The van der Waals surface area contributed by atoms with E-state index in [1.54, 1.807) is 0 Å². The van der Waals surface area contributed by atoms with Gasteiger partial charge in [0.1, 0.15) is 4.90 Å². The Morgan fingerprint density at radius 3 is 2.60 bits per heavy atom. The van der Waals surface area contributed by atoms with Crippen LogP contribution < -0.4 is 10.0 Å². The Morgan fingerprint density at radius 2 is 2.00 bits per heavy atom. The van der Waals surface area contributed by atoms with E-state index in [9.17, 15) is 8.42 Å². The summed E-state index contributed by atoms with van der Waals surface area (Å²) in [6.45, 7) is 7.32. The molecule has 0 atom stereocenters. The average Bonchev–Trinajstić information content (AvgIpc) is 2.71. The van der Waals surface area contributed by atoms with Gasteiger partial charge in [-0.3, -0.25) is 0 Å². The molecule has 0 aliphatic heterocycles.